The van der Waals surface area contributed by atoms with Crippen molar-refractivity contribution in [3.63, 3.8) is 0 Å². The van der Waals surface area contributed by atoms with Crippen LogP contribution in [-0.2, 0) is 28.6 Å². The number of ether oxygens (including phenoxy) is 3. The first-order valence-corrected chi connectivity index (χ1v) is 29.1. The normalized spacial score (nSPS) is 12.3. The van der Waals surface area contributed by atoms with Crippen molar-refractivity contribution in [2.24, 2.45) is 0 Å². The molecule has 0 aromatic carbocycles. The molecule has 0 fully saturated rings. The summed E-state index contributed by atoms with van der Waals surface area (Å²) in [6, 6.07) is 0. The molecule has 0 aromatic rings. The third-order valence-electron chi connectivity index (χ3n) is 12.8. The summed E-state index contributed by atoms with van der Waals surface area (Å²) in [5, 5.41) is 0. The molecule has 0 amide bonds. The van der Waals surface area contributed by atoms with Gasteiger partial charge in [-0.3, -0.25) is 14.4 Å². The summed E-state index contributed by atoms with van der Waals surface area (Å²) in [6.07, 6.45) is 68.4. The Morgan fingerprint density at radius 1 is 0.299 bits per heavy atom. The van der Waals surface area contributed by atoms with Gasteiger partial charge in [-0.15, -0.1) is 0 Å². The van der Waals surface area contributed by atoms with Gasteiger partial charge in [-0.1, -0.05) is 236 Å². The maximum Gasteiger partial charge on any atom is 0.306 e. The van der Waals surface area contributed by atoms with Gasteiger partial charge in [0.25, 0.3) is 0 Å². The molecule has 0 radical (unpaired) electrons. The summed E-state index contributed by atoms with van der Waals surface area (Å²) >= 11 is 0. The van der Waals surface area contributed by atoms with Gasteiger partial charge >= 0.3 is 17.9 Å². The standard InChI is InChI=1S/C61H110O6/c1-4-7-10-13-16-19-22-24-25-26-27-28-29-30-31-32-33-34-35-36-37-38-40-42-45-48-51-54-60(63)66-57-58(56-65-59(62)53-50-47-44-41-21-18-15-12-9-6-3)67-61(64)55-52-49-46-43-39-23-20-17-14-11-8-5-2/h12,15,17,20,22,24,26-27,58H,4-11,13-14,16,18-19,21,23,25,28-57H2,1-3H3/b15-12-,20-17-,24-22-,27-26-. The first-order valence-electron chi connectivity index (χ1n) is 29.1. The average molecular weight is 940 g/mol. The molecule has 6 heteroatoms. The van der Waals surface area contributed by atoms with Gasteiger partial charge in [-0.05, 0) is 96.3 Å². The van der Waals surface area contributed by atoms with E-state index >= 15 is 0 Å². The molecule has 1 unspecified atom stereocenters. The maximum absolute atomic E-state index is 12.8. The minimum absolute atomic E-state index is 0.0772. The fourth-order valence-corrected chi connectivity index (χ4v) is 8.35. The molecule has 0 bridgehead atoms. The summed E-state index contributed by atoms with van der Waals surface area (Å²) in [4.78, 5) is 38.0. The van der Waals surface area contributed by atoms with E-state index in [2.05, 4.69) is 69.4 Å². The molecule has 390 valence electrons. The number of carbonyl (C=O) groups excluding carboxylic acids is 3. The van der Waals surface area contributed by atoms with Gasteiger partial charge in [0.2, 0.25) is 0 Å². The van der Waals surface area contributed by atoms with E-state index in [4.69, 9.17) is 14.2 Å². The van der Waals surface area contributed by atoms with Gasteiger partial charge in [0.05, 0.1) is 0 Å². The molecule has 0 aliphatic heterocycles. The summed E-state index contributed by atoms with van der Waals surface area (Å²) in [5.41, 5.74) is 0. The summed E-state index contributed by atoms with van der Waals surface area (Å²) in [5.74, 6) is -0.888. The van der Waals surface area contributed by atoms with Crippen LogP contribution in [0.15, 0.2) is 48.6 Å². The van der Waals surface area contributed by atoms with Gasteiger partial charge < -0.3 is 14.2 Å². The molecule has 0 saturated heterocycles. The van der Waals surface area contributed by atoms with E-state index < -0.39 is 6.10 Å². The third-order valence-corrected chi connectivity index (χ3v) is 12.8. The monoisotopic (exact) mass is 939 g/mol. The molecule has 0 saturated carbocycles. The van der Waals surface area contributed by atoms with E-state index in [1.807, 2.05) is 0 Å². The molecular weight excluding hydrogens is 829 g/mol. The van der Waals surface area contributed by atoms with Crippen molar-refractivity contribution in [2.45, 2.75) is 309 Å². The van der Waals surface area contributed by atoms with E-state index in [0.717, 1.165) is 89.9 Å². The van der Waals surface area contributed by atoms with E-state index in [9.17, 15) is 14.4 Å². The number of esters is 3. The van der Waals surface area contributed by atoms with E-state index in [1.54, 1.807) is 0 Å². The highest BCUT2D eigenvalue weighted by molar-refractivity contribution is 5.71. The fraction of sp³-hybridized carbons (Fsp3) is 0.820. The molecular formula is C61H110O6. The number of allylic oxidation sites excluding steroid dienone is 8. The Bertz CT molecular complexity index is 1170. The van der Waals surface area contributed by atoms with Crippen molar-refractivity contribution in [2.75, 3.05) is 13.2 Å². The molecule has 0 aliphatic rings. The lowest BCUT2D eigenvalue weighted by Gasteiger charge is -2.18. The first kappa shape index (κ1) is 64.4. The maximum atomic E-state index is 12.8. The number of rotatable bonds is 53. The smallest absolute Gasteiger partial charge is 0.306 e. The zero-order valence-electron chi connectivity index (χ0n) is 44.7. The van der Waals surface area contributed by atoms with Crippen molar-refractivity contribution >= 4 is 17.9 Å². The molecule has 0 heterocycles. The highest BCUT2D eigenvalue weighted by Crippen LogP contribution is 2.16. The summed E-state index contributed by atoms with van der Waals surface area (Å²) in [6.45, 7) is 6.55. The van der Waals surface area contributed by atoms with Crippen LogP contribution in [0.3, 0.4) is 0 Å². The van der Waals surface area contributed by atoms with Crippen LogP contribution in [-0.4, -0.2) is 37.2 Å². The Morgan fingerprint density at radius 2 is 0.567 bits per heavy atom. The first-order chi connectivity index (χ1) is 33.0. The second kappa shape index (κ2) is 56.0. The largest absolute Gasteiger partial charge is 0.462 e. The van der Waals surface area contributed by atoms with Crippen molar-refractivity contribution in [1.29, 1.82) is 0 Å². The predicted octanol–water partition coefficient (Wildman–Crippen LogP) is 19.4. The molecule has 0 aliphatic carbocycles. The Labute approximate surface area is 416 Å². The number of unbranched alkanes of at least 4 members (excludes halogenated alkanes) is 34. The fourth-order valence-electron chi connectivity index (χ4n) is 8.35. The molecule has 67 heavy (non-hydrogen) atoms. The second-order valence-corrected chi connectivity index (χ2v) is 19.5. The Balaban J connectivity index is 4.13. The van der Waals surface area contributed by atoms with Crippen LogP contribution in [0.5, 0.6) is 0 Å². The minimum Gasteiger partial charge on any atom is -0.462 e. The summed E-state index contributed by atoms with van der Waals surface area (Å²) in [7, 11) is 0. The third kappa shape index (κ3) is 54.2. The highest BCUT2D eigenvalue weighted by atomic mass is 16.6. The zero-order valence-corrected chi connectivity index (χ0v) is 44.7. The van der Waals surface area contributed by atoms with Crippen molar-refractivity contribution in [3.8, 4) is 0 Å². The van der Waals surface area contributed by atoms with Crippen molar-refractivity contribution in [1.82, 2.24) is 0 Å². The predicted molar refractivity (Wildman–Crippen MR) is 289 cm³/mol. The van der Waals surface area contributed by atoms with Crippen molar-refractivity contribution < 1.29 is 28.6 Å². The molecule has 0 rings (SSSR count). The van der Waals surface area contributed by atoms with Crippen LogP contribution in [0.25, 0.3) is 0 Å². The van der Waals surface area contributed by atoms with Gasteiger partial charge in [-0.2, -0.15) is 0 Å². The van der Waals surface area contributed by atoms with Crippen LogP contribution in [0, 0.1) is 0 Å². The Kier molecular flexibility index (Phi) is 53.8. The van der Waals surface area contributed by atoms with Gasteiger partial charge in [0, 0.05) is 19.3 Å². The van der Waals surface area contributed by atoms with Crippen LogP contribution in [0.4, 0.5) is 0 Å². The Hall–Kier alpha value is -2.63. The Morgan fingerprint density at radius 3 is 0.925 bits per heavy atom. The molecule has 0 N–H and O–H groups in total. The molecule has 1 atom stereocenters. The topological polar surface area (TPSA) is 78.9 Å². The number of hydrogen-bond donors (Lipinski definition) is 0. The SMILES string of the molecule is CCC/C=C\CCCCCCCC(=O)OCC(COC(=O)CCCCCCCCCCCCCCCCC/C=C\C/C=C\CCCCCCC)OC(=O)CCCCCCC/C=C\CCCCC. The van der Waals surface area contributed by atoms with Crippen LogP contribution >= 0.6 is 0 Å². The van der Waals surface area contributed by atoms with Crippen LogP contribution < -0.4 is 0 Å². The van der Waals surface area contributed by atoms with E-state index in [1.165, 1.54) is 173 Å². The lowest BCUT2D eigenvalue weighted by Crippen LogP contribution is -2.30. The molecule has 0 spiro atoms. The minimum atomic E-state index is -0.778. The molecule has 6 nitrogen and oxygen atoms in total. The highest BCUT2D eigenvalue weighted by Gasteiger charge is 2.19. The van der Waals surface area contributed by atoms with Crippen molar-refractivity contribution in [3.05, 3.63) is 48.6 Å². The number of hydrogen-bond acceptors (Lipinski definition) is 6. The van der Waals surface area contributed by atoms with E-state index in [-0.39, 0.29) is 31.1 Å². The number of carbonyl (C=O) groups is 3. The lowest BCUT2D eigenvalue weighted by molar-refractivity contribution is -0.167. The quantitative estimate of drug-likeness (QED) is 0.0262. The summed E-state index contributed by atoms with van der Waals surface area (Å²) < 4.78 is 16.8. The van der Waals surface area contributed by atoms with Crippen LogP contribution in [0.1, 0.15) is 303 Å². The lowest BCUT2D eigenvalue weighted by atomic mass is 10.0. The van der Waals surface area contributed by atoms with Gasteiger partial charge in [0.1, 0.15) is 13.2 Å². The zero-order chi connectivity index (χ0) is 48.6. The van der Waals surface area contributed by atoms with Gasteiger partial charge in [-0.25, -0.2) is 0 Å². The second-order valence-electron chi connectivity index (χ2n) is 19.5. The molecule has 0 aromatic heterocycles. The van der Waals surface area contributed by atoms with Gasteiger partial charge in [0.15, 0.2) is 6.10 Å². The van der Waals surface area contributed by atoms with E-state index in [0.29, 0.717) is 19.3 Å². The average Bonchev–Trinajstić information content (AvgIpc) is 3.33. The van der Waals surface area contributed by atoms with Crippen LogP contribution in [0.2, 0.25) is 0 Å².